The van der Waals surface area contributed by atoms with Gasteiger partial charge >= 0.3 is 6.09 Å². The number of fused-ring (bicyclic) bond motifs is 3. The molecule has 7 rings (SSSR count). The van der Waals surface area contributed by atoms with Crippen molar-refractivity contribution in [2.75, 3.05) is 11.9 Å². The number of rotatable bonds is 8. The number of nitrogens with zero attached hydrogens (tertiary/aromatic N) is 3. The van der Waals surface area contributed by atoms with Crippen LogP contribution in [0.15, 0.2) is 41.8 Å². The average molecular weight is 770 g/mol. The number of nitrogens with one attached hydrogen (secondary N) is 2. The van der Waals surface area contributed by atoms with Gasteiger partial charge in [0.1, 0.15) is 35.0 Å². The summed E-state index contributed by atoms with van der Waals surface area (Å²) >= 11 is 1.51. The fourth-order valence-electron chi connectivity index (χ4n) is 8.73. The maximum Gasteiger partial charge on any atom is 0.408 e. The second kappa shape index (κ2) is 16.0. The molecule has 4 aliphatic rings. The molecular formula is C43H55N5O6S. The molecule has 2 amide bonds. The zero-order valence-electron chi connectivity index (χ0n) is 32.8. The molecule has 11 nitrogen and oxygen atoms in total. The number of benzene rings is 1. The van der Waals surface area contributed by atoms with E-state index in [1.165, 1.54) is 11.3 Å². The minimum absolute atomic E-state index is 0.00349. The molecule has 1 aromatic carbocycles. The molecule has 4 heterocycles. The van der Waals surface area contributed by atoms with E-state index in [-0.39, 0.29) is 54.9 Å². The van der Waals surface area contributed by atoms with Gasteiger partial charge in [-0.05, 0) is 110 Å². The molecule has 2 N–H and O–H groups in total. The molecule has 2 aliphatic carbocycles. The lowest BCUT2D eigenvalue weighted by atomic mass is 9.88. The number of Topliss-reactive ketones (excluding diaryl/α,β-unsaturated/α-hetero) is 2. The summed E-state index contributed by atoms with van der Waals surface area (Å²) < 4.78 is 12.7. The molecule has 2 aromatic heterocycles. The molecule has 1 saturated heterocycles. The second-order valence-corrected chi connectivity index (χ2v) is 17.7. The van der Waals surface area contributed by atoms with Crippen molar-refractivity contribution < 1.29 is 28.7 Å². The number of amides is 2. The van der Waals surface area contributed by atoms with E-state index in [1.54, 1.807) is 11.8 Å². The fourth-order valence-corrected chi connectivity index (χ4v) is 9.58. The fraction of sp³-hybridized carbons (Fsp3) is 0.581. The Morgan fingerprint density at radius 1 is 1.00 bits per heavy atom. The minimum atomic E-state index is -0.981. The Morgan fingerprint density at radius 2 is 1.78 bits per heavy atom. The number of ketones is 2. The highest BCUT2D eigenvalue weighted by Gasteiger charge is 2.59. The third-order valence-electron chi connectivity index (χ3n) is 11.8. The number of aryl methyl sites for hydroxylation is 1. The Kier molecular flexibility index (Phi) is 11.4. The standard InChI is InChI=1S/C43H55N5O6S/c1-26(2)44-40-46-35(24-55-40)34-20-38(31-18-17-27(3)19-33(31)45-34)54-42(5)22-36-37(50)23-43(28(4)49)21-29(43)13-9-7-6-8-10-16-32(39(51)48(36)25-42)47-41(52)53-30-14-11-12-15-30/h9,13,17-20,24,26,29-30,32,36H,6-8,10-12,14-16,21-23,25H2,1-5H3,(H,44,46)(H,47,52)/b13-9-/t29-,32+,36+,42-,43+/m1/s1. The van der Waals surface area contributed by atoms with E-state index in [2.05, 4.69) is 36.6 Å². The van der Waals surface area contributed by atoms with Crippen molar-refractivity contribution in [3.63, 3.8) is 0 Å². The average Bonchev–Trinajstić information content (AvgIpc) is 3.51. The summed E-state index contributed by atoms with van der Waals surface area (Å²) in [5.41, 5.74) is 1.45. The van der Waals surface area contributed by atoms with Gasteiger partial charge in [-0.3, -0.25) is 14.4 Å². The summed E-state index contributed by atoms with van der Waals surface area (Å²) in [4.78, 5) is 67.0. The number of anilines is 1. The van der Waals surface area contributed by atoms with Crippen LogP contribution < -0.4 is 15.4 Å². The summed E-state index contributed by atoms with van der Waals surface area (Å²) in [5.74, 6) is 0.120. The predicted molar refractivity (Wildman–Crippen MR) is 214 cm³/mol. The van der Waals surface area contributed by atoms with Crippen LogP contribution in [-0.4, -0.2) is 74.8 Å². The van der Waals surface area contributed by atoms with Gasteiger partial charge in [0, 0.05) is 41.1 Å². The molecule has 3 fully saturated rings. The van der Waals surface area contributed by atoms with Crippen molar-refractivity contribution in [1.82, 2.24) is 20.2 Å². The Morgan fingerprint density at radius 3 is 2.55 bits per heavy atom. The van der Waals surface area contributed by atoms with Crippen molar-refractivity contribution >= 4 is 50.9 Å². The topological polar surface area (TPSA) is 140 Å². The molecule has 0 unspecified atom stereocenters. The largest absolute Gasteiger partial charge is 0.485 e. The summed E-state index contributed by atoms with van der Waals surface area (Å²) in [6.45, 7) is 9.79. The lowest BCUT2D eigenvalue weighted by Crippen LogP contribution is -2.52. The maximum absolute atomic E-state index is 14.7. The summed E-state index contributed by atoms with van der Waals surface area (Å²) in [7, 11) is 0. The lowest BCUT2D eigenvalue weighted by Gasteiger charge is -2.30. The molecular weight excluding hydrogens is 715 g/mol. The number of carbonyl (C=O) groups excluding carboxylic acids is 4. The number of hydrogen-bond donors (Lipinski definition) is 2. The van der Waals surface area contributed by atoms with Crippen LogP contribution in [0.5, 0.6) is 5.75 Å². The second-order valence-electron chi connectivity index (χ2n) is 16.8. The number of ether oxygens (including phenoxy) is 2. The van der Waals surface area contributed by atoms with Crippen LogP contribution in [0.3, 0.4) is 0 Å². The molecule has 2 aliphatic heterocycles. The summed E-state index contributed by atoms with van der Waals surface area (Å²) in [6.07, 6.45) is 11.9. The van der Waals surface area contributed by atoms with Crippen LogP contribution in [0.2, 0.25) is 0 Å². The molecule has 12 heteroatoms. The van der Waals surface area contributed by atoms with E-state index in [0.717, 1.165) is 78.7 Å². The number of thiazole rings is 1. The van der Waals surface area contributed by atoms with Gasteiger partial charge in [0.25, 0.3) is 0 Å². The number of allylic oxidation sites excluding steroid dienone is 2. The van der Waals surface area contributed by atoms with Gasteiger partial charge < -0.3 is 25.0 Å². The Balaban J connectivity index is 1.22. The van der Waals surface area contributed by atoms with Gasteiger partial charge in [0.2, 0.25) is 5.91 Å². The molecule has 0 bridgehead atoms. The van der Waals surface area contributed by atoms with Crippen molar-refractivity contribution in [3.05, 3.63) is 47.4 Å². The van der Waals surface area contributed by atoms with Crippen LogP contribution >= 0.6 is 11.3 Å². The van der Waals surface area contributed by atoms with E-state index in [0.29, 0.717) is 24.3 Å². The highest BCUT2D eigenvalue weighted by atomic mass is 32.1. The molecule has 55 heavy (non-hydrogen) atoms. The predicted octanol–water partition coefficient (Wildman–Crippen LogP) is 8.34. The monoisotopic (exact) mass is 769 g/mol. The first-order valence-corrected chi connectivity index (χ1v) is 21.0. The number of carbonyl (C=O) groups is 4. The van der Waals surface area contributed by atoms with Gasteiger partial charge in [0.15, 0.2) is 10.9 Å². The van der Waals surface area contributed by atoms with Gasteiger partial charge in [-0.1, -0.05) is 31.1 Å². The quantitative estimate of drug-likeness (QED) is 0.217. The zero-order chi connectivity index (χ0) is 38.9. The highest BCUT2D eigenvalue weighted by Crippen LogP contribution is 2.57. The number of alkyl carbamates (subject to hydrolysis) is 1. The van der Waals surface area contributed by atoms with Crippen molar-refractivity contribution in [3.8, 4) is 17.1 Å². The number of pyridine rings is 1. The molecule has 0 spiro atoms. The summed E-state index contributed by atoms with van der Waals surface area (Å²) in [5, 5.41) is 9.86. The smallest absolute Gasteiger partial charge is 0.408 e. The third kappa shape index (κ3) is 8.74. The summed E-state index contributed by atoms with van der Waals surface area (Å²) in [6, 6.07) is 6.44. The van der Waals surface area contributed by atoms with Crippen LogP contribution in [0.4, 0.5) is 9.93 Å². The van der Waals surface area contributed by atoms with Crippen molar-refractivity contribution in [2.45, 2.75) is 141 Å². The van der Waals surface area contributed by atoms with Crippen molar-refractivity contribution in [2.24, 2.45) is 11.3 Å². The van der Waals surface area contributed by atoms with Gasteiger partial charge in [0.05, 0.1) is 23.8 Å². The molecule has 3 aromatic rings. The third-order valence-corrected chi connectivity index (χ3v) is 12.6. The zero-order valence-corrected chi connectivity index (χ0v) is 33.6. The number of hydrogen-bond acceptors (Lipinski definition) is 10. The molecule has 5 atom stereocenters. The lowest BCUT2D eigenvalue weighted by molar-refractivity contribution is -0.140. The van der Waals surface area contributed by atoms with Crippen LogP contribution in [0.1, 0.15) is 110 Å². The van der Waals surface area contributed by atoms with Gasteiger partial charge in [-0.2, -0.15) is 0 Å². The first kappa shape index (κ1) is 38.9. The maximum atomic E-state index is 14.7. The Labute approximate surface area is 328 Å². The van der Waals surface area contributed by atoms with Crippen LogP contribution in [-0.2, 0) is 19.1 Å². The van der Waals surface area contributed by atoms with Gasteiger partial charge in [-0.15, -0.1) is 11.3 Å². The Bertz CT molecular complexity index is 1970. The highest BCUT2D eigenvalue weighted by molar-refractivity contribution is 7.14. The van der Waals surface area contributed by atoms with Crippen LogP contribution in [0.25, 0.3) is 22.3 Å². The number of aromatic nitrogens is 2. The van der Waals surface area contributed by atoms with Gasteiger partial charge in [-0.25, -0.2) is 14.8 Å². The van der Waals surface area contributed by atoms with E-state index < -0.39 is 29.2 Å². The van der Waals surface area contributed by atoms with E-state index >= 15 is 0 Å². The van der Waals surface area contributed by atoms with Crippen LogP contribution in [0, 0.1) is 18.3 Å². The normalized spacial score (nSPS) is 28.3. The van der Waals surface area contributed by atoms with E-state index in [4.69, 9.17) is 19.4 Å². The van der Waals surface area contributed by atoms with E-state index in [1.807, 2.05) is 43.5 Å². The molecule has 2 saturated carbocycles. The molecule has 294 valence electrons. The molecule has 0 radical (unpaired) electrons. The van der Waals surface area contributed by atoms with E-state index in [9.17, 15) is 19.2 Å². The minimum Gasteiger partial charge on any atom is -0.485 e. The first-order chi connectivity index (χ1) is 26.3. The van der Waals surface area contributed by atoms with Crippen molar-refractivity contribution in [1.29, 1.82) is 0 Å². The first-order valence-electron chi connectivity index (χ1n) is 20.1. The Hall–Kier alpha value is -4.32. The SMILES string of the molecule is CC(=O)[C@]12CC(=O)[C@@H]3C[C@@](C)(Oc4cc(-c5csc(NC(C)C)n5)nc5cc(C)ccc45)CN3C(=O)[C@@H](NC(=O)OC3CCCC3)CCCCC/C=C\[C@@H]1C2.